The molecule has 5 nitrogen and oxygen atoms in total. The van der Waals surface area contributed by atoms with E-state index in [2.05, 4.69) is 119 Å². The Morgan fingerprint density at radius 1 is 0.745 bits per heavy atom. The third kappa shape index (κ3) is 9.73. The summed E-state index contributed by atoms with van der Waals surface area (Å²) < 4.78 is 0. The Hall–Kier alpha value is -2.66. The summed E-state index contributed by atoms with van der Waals surface area (Å²) in [6.07, 6.45) is 42.7. The maximum absolute atomic E-state index is 14.3. The van der Waals surface area contributed by atoms with Gasteiger partial charge < -0.3 is 15.7 Å². The minimum Gasteiger partial charge on any atom is -0.393 e. The molecule has 2 amide bonds. The smallest absolute Gasteiger partial charge is 0.226 e. The van der Waals surface area contributed by atoms with E-state index in [1.54, 1.807) is 5.57 Å². The van der Waals surface area contributed by atoms with Crippen molar-refractivity contribution in [2.24, 2.45) is 51.2 Å². The lowest BCUT2D eigenvalue weighted by Crippen LogP contribution is -2.62. The largest absolute Gasteiger partial charge is 0.393 e. The fraction of sp³-hybridized carbons (Fsp3) is 0.720. The highest BCUT2D eigenvalue weighted by molar-refractivity contribution is 5.84. The van der Waals surface area contributed by atoms with E-state index in [0.29, 0.717) is 49.1 Å². The number of aliphatic hydroxyl groups excluding tert-OH is 1. The number of carbonyl (C=O) groups is 2. The minimum absolute atomic E-state index is 0.0354. The number of unbranched alkanes of at least 4 members (excludes halogenated alkanes) is 1. The monoisotopic (exact) mass is 755 g/mol. The molecule has 0 bridgehead atoms. The number of hydrogen-bond donors (Lipinski definition) is 3. The van der Waals surface area contributed by atoms with Crippen LogP contribution in [0.1, 0.15) is 157 Å². The Balaban J connectivity index is 1.04. The summed E-state index contributed by atoms with van der Waals surface area (Å²) >= 11 is 0. The number of carbonyl (C=O) groups excluding carboxylic acids is 2. The highest BCUT2D eigenvalue weighted by Crippen LogP contribution is 2.71. The van der Waals surface area contributed by atoms with Gasteiger partial charge >= 0.3 is 0 Å². The third-order valence-electron chi connectivity index (χ3n) is 15.7. The molecule has 0 heterocycles. The van der Waals surface area contributed by atoms with E-state index in [1.807, 2.05) is 0 Å². The van der Waals surface area contributed by atoms with Gasteiger partial charge in [0.25, 0.3) is 0 Å². The number of nitrogens with one attached hydrogen (secondary N) is 2. The lowest BCUT2D eigenvalue weighted by molar-refractivity contribution is -0.186. The summed E-state index contributed by atoms with van der Waals surface area (Å²) in [7, 11) is 0. The molecular formula is C50H78N2O3. The first-order valence-corrected chi connectivity index (χ1v) is 22.6. The van der Waals surface area contributed by atoms with Gasteiger partial charge in [-0.15, -0.1) is 0 Å². The van der Waals surface area contributed by atoms with Crippen molar-refractivity contribution >= 4 is 11.8 Å². The summed E-state index contributed by atoms with van der Waals surface area (Å²) in [5.41, 5.74) is 1.76. The Morgan fingerprint density at radius 2 is 1.36 bits per heavy atom. The molecule has 0 spiro atoms. The molecule has 4 fully saturated rings. The van der Waals surface area contributed by atoms with E-state index in [-0.39, 0.29) is 39.6 Å². The Labute approximate surface area is 336 Å². The van der Waals surface area contributed by atoms with Crippen molar-refractivity contribution in [3.05, 3.63) is 72.4 Å². The fourth-order valence-electron chi connectivity index (χ4n) is 12.8. The minimum atomic E-state index is -0.327. The summed E-state index contributed by atoms with van der Waals surface area (Å²) in [5.74, 6) is 2.87. The van der Waals surface area contributed by atoms with E-state index < -0.39 is 0 Å². The van der Waals surface area contributed by atoms with Crippen molar-refractivity contribution in [2.75, 3.05) is 13.1 Å². The zero-order valence-electron chi connectivity index (χ0n) is 35.7. The summed E-state index contributed by atoms with van der Waals surface area (Å²) in [6, 6.07) is 0. The van der Waals surface area contributed by atoms with Gasteiger partial charge in [-0.05, 0) is 142 Å². The maximum atomic E-state index is 14.3. The van der Waals surface area contributed by atoms with Crippen molar-refractivity contribution in [2.45, 2.75) is 163 Å². The molecule has 3 N–H and O–H groups in total. The lowest BCUT2D eigenvalue weighted by Gasteiger charge is -2.68. The number of allylic oxidation sites excluding steroid dienone is 12. The number of amides is 2. The fourth-order valence-corrected chi connectivity index (χ4v) is 12.8. The number of hydrogen-bond acceptors (Lipinski definition) is 3. The molecule has 9 atom stereocenters. The Bertz CT molecular complexity index is 1470. The number of fused-ring (bicyclic) bond motifs is 7. The zero-order chi connectivity index (χ0) is 39.5. The van der Waals surface area contributed by atoms with Gasteiger partial charge in [0, 0.05) is 19.5 Å². The molecule has 306 valence electrons. The molecule has 0 aromatic heterocycles. The van der Waals surface area contributed by atoms with Crippen LogP contribution in [0.15, 0.2) is 72.4 Å². The van der Waals surface area contributed by atoms with Crippen LogP contribution in [0.5, 0.6) is 0 Å². The molecule has 5 aliphatic rings. The van der Waals surface area contributed by atoms with Gasteiger partial charge in [-0.1, -0.05) is 127 Å². The van der Waals surface area contributed by atoms with Crippen molar-refractivity contribution in [1.82, 2.24) is 10.6 Å². The van der Waals surface area contributed by atoms with Crippen LogP contribution in [-0.4, -0.2) is 36.1 Å². The summed E-state index contributed by atoms with van der Waals surface area (Å²) in [6.45, 7) is 15.4. The van der Waals surface area contributed by atoms with Crippen LogP contribution in [0.4, 0.5) is 0 Å². The maximum Gasteiger partial charge on any atom is 0.226 e. The average molecular weight is 755 g/mol. The van der Waals surface area contributed by atoms with Gasteiger partial charge in [0.15, 0.2) is 0 Å². The predicted molar refractivity (Wildman–Crippen MR) is 230 cm³/mol. The number of aliphatic hydroxyl groups is 1. The van der Waals surface area contributed by atoms with Crippen LogP contribution < -0.4 is 10.6 Å². The molecule has 0 aliphatic heterocycles. The predicted octanol–water partition coefficient (Wildman–Crippen LogP) is 11.5. The molecule has 0 aromatic rings. The van der Waals surface area contributed by atoms with Gasteiger partial charge in [0.1, 0.15) is 0 Å². The van der Waals surface area contributed by atoms with E-state index in [4.69, 9.17) is 0 Å². The van der Waals surface area contributed by atoms with E-state index in [9.17, 15) is 14.7 Å². The molecule has 0 saturated heterocycles. The van der Waals surface area contributed by atoms with Crippen molar-refractivity contribution in [3.8, 4) is 0 Å². The second-order valence-corrected chi connectivity index (χ2v) is 19.3. The van der Waals surface area contributed by atoms with E-state index >= 15 is 0 Å². The molecule has 55 heavy (non-hydrogen) atoms. The molecule has 0 radical (unpaired) electrons. The van der Waals surface area contributed by atoms with Crippen LogP contribution in [0.25, 0.3) is 0 Å². The summed E-state index contributed by atoms with van der Waals surface area (Å²) in [4.78, 5) is 26.9. The second kappa shape index (κ2) is 19.7. The summed E-state index contributed by atoms with van der Waals surface area (Å²) in [5, 5.41) is 17.4. The normalized spacial score (nSPS) is 35.8. The van der Waals surface area contributed by atoms with Crippen LogP contribution in [0.3, 0.4) is 0 Å². The van der Waals surface area contributed by atoms with Crippen molar-refractivity contribution in [3.63, 3.8) is 0 Å². The standard InChI is InChI=1S/C50H78N2O3/c1-7-8-9-10-11-12-13-14-15-16-17-18-19-20-21-22-23-26-44(54)51-36-37-52-46(55)50-32-24-25-38(2)45(50)39-27-28-42-48(5,40(39)29-35-50)33-30-41-47(3,4)43(53)31-34-49(41,42)6/h8-9,11-12,14-15,17-18,20-21,27,38,40-43,45,53H,7,10,13,16,19,22-26,28-37H2,1-6H3,(H,51,54)(H,52,55)/b9-8-,12-11-,15-14-,18-17-,21-20-. The highest BCUT2D eigenvalue weighted by Gasteiger charge is 2.65. The van der Waals surface area contributed by atoms with Gasteiger partial charge in [0.2, 0.25) is 11.8 Å². The highest BCUT2D eigenvalue weighted by atomic mass is 16.3. The quantitative estimate of drug-likeness (QED) is 0.102. The molecule has 5 aliphatic carbocycles. The van der Waals surface area contributed by atoms with Gasteiger partial charge in [-0.2, -0.15) is 0 Å². The second-order valence-electron chi connectivity index (χ2n) is 19.3. The van der Waals surface area contributed by atoms with Crippen LogP contribution in [0, 0.1) is 51.2 Å². The van der Waals surface area contributed by atoms with Crippen molar-refractivity contribution < 1.29 is 14.7 Å². The van der Waals surface area contributed by atoms with Gasteiger partial charge in [-0.3, -0.25) is 9.59 Å². The van der Waals surface area contributed by atoms with Crippen molar-refractivity contribution in [1.29, 1.82) is 0 Å². The number of rotatable bonds is 17. The molecule has 9 unspecified atom stereocenters. The topological polar surface area (TPSA) is 78.4 Å². The van der Waals surface area contributed by atoms with Crippen LogP contribution >= 0.6 is 0 Å². The van der Waals surface area contributed by atoms with Crippen LogP contribution in [-0.2, 0) is 9.59 Å². The SMILES string of the molecule is CC/C=C\C/C=C\C/C=C\C/C=C\C/C=C\CCCC(=O)NCCNC(=O)C12CCCC(C)C1C1=CCC3C(C)(CCC4C(C)(C)C(O)CCC43C)C1CC2. The van der Waals surface area contributed by atoms with Gasteiger partial charge in [0.05, 0.1) is 11.5 Å². The Morgan fingerprint density at radius 3 is 2.04 bits per heavy atom. The first kappa shape index (κ1) is 43.5. The van der Waals surface area contributed by atoms with E-state index in [1.165, 1.54) is 19.3 Å². The lowest BCUT2D eigenvalue weighted by atomic mass is 9.37. The average Bonchev–Trinajstić information content (AvgIpc) is 3.15. The van der Waals surface area contributed by atoms with Crippen LogP contribution in [0.2, 0.25) is 0 Å². The first-order chi connectivity index (χ1) is 26.4. The van der Waals surface area contributed by atoms with Gasteiger partial charge in [-0.25, -0.2) is 0 Å². The van der Waals surface area contributed by atoms with E-state index in [0.717, 1.165) is 89.9 Å². The molecule has 5 heteroatoms. The third-order valence-corrected chi connectivity index (χ3v) is 15.7. The molecule has 5 rings (SSSR count). The molecular weight excluding hydrogens is 677 g/mol. The first-order valence-electron chi connectivity index (χ1n) is 22.6. The zero-order valence-corrected chi connectivity index (χ0v) is 35.7. The molecule has 4 saturated carbocycles. The molecule has 0 aromatic carbocycles. The Kier molecular flexibility index (Phi) is 15.5.